The average molecular weight is 293 g/mol. The van der Waals surface area contributed by atoms with Gasteiger partial charge in [0.15, 0.2) is 0 Å². The predicted molar refractivity (Wildman–Crippen MR) is 75.4 cm³/mol. The van der Waals surface area contributed by atoms with Crippen molar-refractivity contribution < 1.29 is 13.9 Å². The van der Waals surface area contributed by atoms with Crippen LogP contribution in [0.25, 0.3) is 0 Å². The van der Waals surface area contributed by atoms with Crippen LogP contribution < -0.4 is 10.1 Å². The number of amides is 1. The van der Waals surface area contributed by atoms with Crippen molar-refractivity contribution in [2.75, 3.05) is 19.6 Å². The van der Waals surface area contributed by atoms with Crippen LogP contribution in [0.3, 0.4) is 0 Å². The molecule has 1 N–H and O–H groups in total. The summed E-state index contributed by atoms with van der Waals surface area (Å²) in [6.45, 7) is 2.09. The van der Waals surface area contributed by atoms with E-state index in [-0.39, 0.29) is 12.0 Å². The third-order valence-electron chi connectivity index (χ3n) is 3.82. The summed E-state index contributed by atoms with van der Waals surface area (Å²) in [6, 6.07) is 4.97. The van der Waals surface area contributed by atoms with Gasteiger partial charge in [-0.05, 0) is 31.7 Å². The first-order valence-corrected chi connectivity index (χ1v) is 7.50. The second kappa shape index (κ2) is 6.39. The van der Waals surface area contributed by atoms with Crippen LogP contribution in [0.4, 0.5) is 4.39 Å². The molecule has 0 atom stereocenters. The van der Waals surface area contributed by atoms with Crippen molar-refractivity contribution in [2.45, 2.75) is 37.8 Å². The van der Waals surface area contributed by atoms with Crippen LogP contribution >= 0.6 is 0 Å². The minimum absolute atomic E-state index is 0.0436. The molecule has 5 nitrogen and oxygen atoms in total. The van der Waals surface area contributed by atoms with Crippen LogP contribution in [-0.2, 0) is 4.79 Å². The Morgan fingerprint density at radius 1 is 1.33 bits per heavy atom. The number of hydrogen-bond acceptors (Lipinski definition) is 4. The summed E-state index contributed by atoms with van der Waals surface area (Å²) in [4.78, 5) is 17.6. The second-order valence-corrected chi connectivity index (χ2v) is 5.73. The molecule has 1 aliphatic heterocycles. The quantitative estimate of drug-likeness (QED) is 0.833. The Labute approximate surface area is 123 Å². The Balaban J connectivity index is 1.41. The lowest BCUT2D eigenvalue weighted by Gasteiger charge is -2.31. The minimum atomic E-state index is -0.526. The number of pyridine rings is 1. The Morgan fingerprint density at radius 2 is 2.10 bits per heavy atom. The highest BCUT2D eigenvalue weighted by atomic mass is 19.1. The Bertz CT molecular complexity index is 499. The van der Waals surface area contributed by atoms with E-state index in [0.717, 1.165) is 38.8 Å². The molecular formula is C15H20FN3O2. The van der Waals surface area contributed by atoms with Gasteiger partial charge < -0.3 is 10.1 Å². The summed E-state index contributed by atoms with van der Waals surface area (Å²) in [5.74, 6) is -0.0784. The molecule has 0 spiro atoms. The number of halogens is 1. The lowest BCUT2D eigenvalue weighted by Crippen LogP contribution is -2.44. The molecule has 2 heterocycles. The van der Waals surface area contributed by atoms with Crippen molar-refractivity contribution in [1.29, 1.82) is 0 Å². The molecule has 0 bridgehead atoms. The normalized spacial score (nSPS) is 20.2. The van der Waals surface area contributed by atoms with Crippen LogP contribution in [0.2, 0.25) is 0 Å². The van der Waals surface area contributed by atoms with Crippen molar-refractivity contribution in [1.82, 2.24) is 15.2 Å². The third-order valence-corrected chi connectivity index (χ3v) is 3.82. The zero-order chi connectivity index (χ0) is 14.7. The highest BCUT2D eigenvalue weighted by Gasteiger charge is 2.26. The van der Waals surface area contributed by atoms with Crippen LogP contribution in [-0.4, -0.2) is 47.6 Å². The number of carbonyl (C=O) groups is 1. The van der Waals surface area contributed by atoms with Crippen LogP contribution in [0.5, 0.6) is 5.88 Å². The summed E-state index contributed by atoms with van der Waals surface area (Å²) in [5, 5.41) is 2.99. The topological polar surface area (TPSA) is 54.5 Å². The molecule has 1 amide bonds. The summed E-state index contributed by atoms with van der Waals surface area (Å²) >= 11 is 0. The fourth-order valence-corrected chi connectivity index (χ4v) is 2.52. The molecule has 1 aromatic heterocycles. The standard InChI is InChI=1S/C15H20FN3O2/c16-13-2-1-3-15(18-13)21-12-6-8-19(9-7-12)10-14(20)17-11-4-5-11/h1-3,11-12H,4-10H2,(H,17,20). The molecule has 1 aliphatic carbocycles. The molecule has 114 valence electrons. The molecular weight excluding hydrogens is 273 g/mol. The highest BCUT2D eigenvalue weighted by molar-refractivity contribution is 5.78. The van der Waals surface area contributed by atoms with E-state index in [0.29, 0.717) is 18.5 Å². The number of piperidine rings is 1. The van der Waals surface area contributed by atoms with Gasteiger partial charge >= 0.3 is 0 Å². The molecule has 6 heteroatoms. The van der Waals surface area contributed by atoms with E-state index in [1.807, 2.05) is 0 Å². The van der Waals surface area contributed by atoms with E-state index >= 15 is 0 Å². The van der Waals surface area contributed by atoms with Crippen molar-refractivity contribution >= 4 is 5.91 Å². The van der Waals surface area contributed by atoms with Gasteiger partial charge in [0.05, 0.1) is 6.54 Å². The Morgan fingerprint density at radius 3 is 2.76 bits per heavy atom. The summed E-state index contributed by atoms with van der Waals surface area (Å²) < 4.78 is 18.7. The Hall–Kier alpha value is -1.69. The van der Waals surface area contributed by atoms with E-state index < -0.39 is 5.95 Å². The molecule has 2 fully saturated rings. The van der Waals surface area contributed by atoms with E-state index in [9.17, 15) is 9.18 Å². The zero-order valence-corrected chi connectivity index (χ0v) is 11.9. The maximum absolute atomic E-state index is 13.0. The second-order valence-electron chi connectivity index (χ2n) is 5.73. The fourth-order valence-electron chi connectivity index (χ4n) is 2.52. The Kier molecular flexibility index (Phi) is 4.34. The first kappa shape index (κ1) is 14.3. The van der Waals surface area contributed by atoms with Gasteiger partial charge in [-0.15, -0.1) is 0 Å². The monoisotopic (exact) mass is 293 g/mol. The number of aromatic nitrogens is 1. The number of rotatable bonds is 5. The number of hydrogen-bond donors (Lipinski definition) is 1. The smallest absolute Gasteiger partial charge is 0.234 e. The lowest BCUT2D eigenvalue weighted by atomic mass is 10.1. The van der Waals surface area contributed by atoms with Gasteiger partial charge in [0.2, 0.25) is 17.7 Å². The molecule has 21 heavy (non-hydrogen) atoms. The van der Waals surface area contributed by atoms with Crippen LogP contribution in [0, 0.1) is 5.95 Å². The summed E-state index contributed by atoms with van der Waals surface area (Å²) in [5.41, 5.74) is 0. The fraction of sp³-hybridized carbons (Fsp3) is 0.600. The van der Waals surface area contributed by atoms with Crippen molar-refractivity contribution in [3.05, 3.63) is 24.1 Å². The van der Waals surface area contributed by atoms with Crippen molar-refractivity contribution in [3.8, 4) is 5.88 Å². The predicted octanol–water partition coefficient (Wildman–Crippen LogP) is 1.34. The van der Waals surface area contributed by atoms with Crippen LogP contribution in [0.15, 0.2) is 18.2 Å². The number of nitrogens with zero attached hydrogens (tertiary/aromatic N) is 2. The van der Waals surface area contributed by atoms with Crippen molar-refractivity contribution in [2.24, 2.45) is 0 Å². The van der Waals surface area contributed by atoms with Crippen LogP contribution in [0.1, 0.15) is 25.7 Å². The number of likely N-dealkylation sites (tertiary alicyclic amines) is 1. The van der Waals surface area contributed by atoms with Gasteiger partial charge in [-0.25, -0.2) is 0 Å². The average Bonchev–Trinajstić information content (AvgIpc) is 3.25. The number of nitrogens with one attached hydrogen (secondary N) is 1. The van der Waals surface area contributed by atoms with E-state index in [1.54, 1.807) is 12.1 Å². The van der Waals surface area contributed by atoms with Crippen molar-refractivity contribution in [3.63, 3.8) is 0 Å². The van der Waals surface area contributed by atoms with Gasteiger partial charge in [-0.1, -0.05) is 6.07 Å². The molecule has 1 saturated carbocycles. The van der Waals surface area contributed by atoms with Gasteiger partial charge in [0.25, 0.3) is 0 Å². The molecule has 0 radical (unpaired) electrons. The largest absolute Gasteiger partial charge is 0.474 e. The zero-order valence-electron chi connectivity index (χ0n) is 11.9. The molecule has 1 aromatic rings. The summed E-state index contributed by atoms with van der Waals surface area (Å²) in [6.07, 6.45) is 3.93. The molecule has 0 unspecified atom stereocenters. The number of carbonyl (C=O) groups excluding carboxylic acids is 1. The summed E-state index contributed by atoms with van der Waals surface area (Å²) in [7, 11) is 0. The highest BCUT2D eigenvalue weighted by Crippen LogP contribution is 2.19. The van der Waals surface area contributed by atoms with E-state index in [2.05, 4.69) is 15.2 Å². The lowest BCUT2D eigenvalue weighted by molar-refractivity contribution is -0.122. The first-order chi connectivity index (χ1) is 10.2. The molecule has 0 aromatic carbocycles. The van der Waals surface area contributed by atoms with E-state index in [1.165, 1.54) is 6.07 Å². The molecule has 3 rings (SSSR count). The molecule has 2 aliphatic rings. The minimum Gasteiger partial charge on any atom is -0.474 e. The maximum atomic E-state index is 13.0. The van der Waals surface area contributed by atoms with Gasteiger partial charge in [-0.3, -0.25) is 9.69 Å². The SMILES string of the molecule is O=C(CN1CCC(Oc2cccc(F)n2)CC1)NC1CC1. The van der Waals surface area contributed by atoms with E-state index in [4.69, 9.17) is 4.74 Å². The van der Waals surface area contributed by atoms with Gasteiger partial charge in [0.1, 0.15) is 6.10 Å². The molecule has 1 saturated heterocycles. The first-order valence-electron chi connectivity index (χ1n) is 7.50. The maximum Gasteiger partial charge on any atom is 0.234 e. The third kappa shape index (κ3) is 4.39. The number of ether oxygens (including phenoxy) is 1. The van der Waals surface area contributed by atoms with Gasteiger partial charge in [-0.2, -0.15) is 9.37 Å². The van der Waals surface area contributed by atoms with Gasteiger partial charge in [0, 0.05) is 25.2 Å².